The number of methoxy groups -OCH3 is 1. The van der Waals surface area contributed by atoms with Crippen LogP contribution in [0.15, 0.2) is 36.5 Å². The minimum Gasteiger partial charge on any atom is -0.497 e. The van der Waals surface area contributed by atoms with Crippen molar-refractivity contribution >= 4 is 24.0 Å². The van der Waals surface area contributed by atoms with Gasteiger partial charge in [0.25, 0.3) is 5.91 Å². The summed E-state index contributed by atoms with van der Waals surface area (Å²) in [6.07, 6.45) is 2.56. The summed E-state index contributed by atoms with van der Waals surface area (Å²) >= 11 is 0. The van der Waals surface area contributed by atoms with Gasteiger partial charge in [-0.1, -0.05) is 18.2 Å². The maximum atomic E-state index is 12.3. The van der Waals surface area contributed by atoms with Crippen LogP contribution >= 0.6 is 0 Å². The van der Waals surface area contributed by atoms with Crippen molar-refractivity contribution in [2.24, 2.45) is 0 Å². The van der Waals surface area contributed by atoms with Crippen molar-refractivity contribution in [1.29, 1.82) is 0 Å². The smallest absolute Gasteiger partial charge is 0.490 e. The number of nitrogens with one attached hydrogen (secondary N) is 1. The number of carbonyl (C=O) groups is 2. The highest BCUT2D eigenvalue weighted by atomic mass is 19.4. The number of aryl methyl sites for hydroxylation is 1. The third-order valence-electron chi connectivity index (χ3n) is 5.56. The van der Waals surface area contributed by atoms with Gasteiger partial charge in [0.15, 0.2) is 0 Å². The molecule has 0 fully saturated rings. The van der Waals surface area contributed by atoms with E-state index in [1.54, 1.807) is 7.11 Å². The monoisotopic (exact) mass is 486 g/mol. The third-order valence-corrected chi connectivity index (χ3v) is 5.56. The number of benzene rings is 1. The number of hydrogen-bond acceptors (Lipinski definition) is 5. The zero-order valence-corrected chi connectivity index (χ0v) is 18.6. The van der Waals surface area contributed by atoms with Gasteiger partial charge in [-0.3, -0.25) is 14.5 Å². The van der Waals surface area contributed by atoms with Crippen molar-refractivity contribution in [2.75, 3.05) is 13.7 Å². The lowest BCUT2D eigenvalue weighted by molar-refractivity contribution is -0.192. The Kier molecular flexibility index (Phi) is 6.59. The molecule has 2 aromatic heterocycles. The second-order valence-electron chi connectivity index (χ2n) is 7.83. The maximum absolute atomic E-state index is 12.3. The number of amides is 1. The zero-order valence-electron chi connectivity index (χ0n) is 18.6. The van der Waals surface area contributed by atoms with E-state index >= 15 is 0 Å². The average molecular weight is 486 g/mol. The molecular weight excluding hydrogens is 465 g/mol. The number of carboxylic acid groups (broad SMARTS) is 1. The molecular formula is C24H21F3N4O4. The number of nitrogens with zero attached hydrogens (tertiary/aromatic N) is 3. The molecule has 0 atom stereocenters. The molecule has 2 N–H and O–H groups in total. The fourth-order valence-electron chi connectivity index (χ4n) is 3.92. The van der Waals surface area contributed by atoms with E-state index in [0.29, 0.717) is 6.54 Å². The first-order chi connectivity index (χ1) is 16.7. The highest BCUT2D eigenvalue weighted by molar-refractivity contribution is 5.97. The first kappa shape index (κ1) is 24.0. The number of hydrogen-bond donors (Lipinski definition) is 2. The van der Waals surface area contributed by atoms with Gasteiger partial charge in [-0.05, 0) is 48.2 Å². The Morgan fingerprint density at radius 3 is 2.71 bits per heavy atom. The Labute approximate surface area is 198 Å². The van der Waals surface area contributed by atoms with Gasteiger partial charge < -0.3 is 15.2 Å². The van der Waals surface area contributed by atoms with Crippen LogP contribution in [0.2, 0.25) is 0 Å². The van der Waals surface area contributed by atoms with Gasteiger partial charge in [0.2, 0.25) is 0 Å². The summed E-state index contributed by atoms with van der Waals surface area (Å²) in [5.41, 5.74) is 6.87. The van der Waals surface area contributed by atoms with Crippen molar-refractivity contribution in [3.63, 3.8) is 0 Å². The van der Waals surface area contributed by atoms with Crippen molar-refractivity contribution in [3.8, 4) is 17.0 Å². The summed E-state index contributed by atoms with van der Waals surface area (Å²) in [7, 11) is 1.66. The minimum absolute atomic E-state index is 0.0179. The number of pyridine rings is 1. The standard InChI is InChI=1S/C22H20N4O2.C2HF3O2/c1-28-17-4-2-3-14(11-17)5-7-16-12-19-15(13-24-16)6-8-18-20(19)25-26-10-9-23-22(27)21(18)26;3-2(4,5)1(6)7/h2-5,7,11-13H,6,8-10H2,1H3,(H,23,27);(H,6,7)/b7-5+;. The van der Waals surface area contributed by atoms with Gasteiger partial charge >= 0.3 is 12.1 Å². The number of fused-ring (bicyclic) bond motifs is 5. The highest BCUT2D eigenvalue weighted by Crippen LogP contribution is 2.35. The number of alkyl halides is 3. The molecule has 11 heteroatoms. The van der Waals surface area contributed by atoms with Crippen molar-refractivity contribution in [1.82, 2.24) is 20.1 Å². The molecule has 0 radical (unpaired) electrons. The first-order valence-corrected chi connectivity index (χ1v) is 10.7. The van der Waals surface area contributed by atoms with E-state index in [4.69, 9.17) is 19.7 Å². The van der Waals surface area contributed by atoms with Crippen molar-refractivity contribution in [3.05, 3.63) is 64.6 Å². The predicted molar refractivity (Wildman–Crippen MR) is 121 cm³/mol. The van der Waals surface area contributed by atoms with Gasteiger partial charge in [-0.2, -0.15) is 18.3 Å². The topological polar surface area (TPSA) is 106 Å². The first-order valence-electron chi connectivity index (χ1n) is 10.7. The van der Waals surface area contributed by atoms with Crippen LogP contribution in [0.4, 0.5) is 13.2 Å². The van der Waals surface area contributed by atoms with E-state index < -0.39 is 12.1 Å². The number of aliphatic carboxylic acids is 1. The number of aromatic nitrogens is 3. The van der Waals surface area contributed by atoms with Gasteiger partial charge in [0.1, 0.15) is 11.4 Å². The van der Waals surface area contributed by atoms with Crippen LogP contribution in [-0.4, -0.2) is 51.6 Å². The Hall–Kier alpha value is -4.15. The average Bonchev–Trinajstić information content (AvgIpc) is 3.23. The van der Waals surface area contributed by atoms with E-state index in [-0.39, 0.29) is 5.91 Å². The van der Waals surface area contributed by atoms with Gasteiger partial charge in [-0.15, -0.1) is 0 Å². The Balaban J connectivity index is 0.000000364. The van der Waals surface area contributed by atoms with Crippen molar-refractivity contribution in [2.45, 2.75) is 25.6 Å². The molecule has 0 spiro atoms. The number of carbonyl (C=O) groups excluding carboxylic acids is 1. The molecule has 1 aliphatic heterocycles. The van der Waals surface area contributed by atoms with Crippen LogP contribution < -0.4 is 10.1 Å². The van der Waals surface area contributed by atoms with Crippen molar-refractivity contribution < 1.29 is 32.6 Å². The number of halogens is 3. The lowest BCUT2D eigenvalue weighted by atomic mass is 9.89. The molecule has 1 amide bonds. The molecule has 0 unspecified atom stereocenters. The molecule has 0 saturated heterocycles. The zero-order chi connectivity index (χ0) is 25.2. The van der Waals surface area contributed by atoms with Crippen LogP contribution in [0, 0.1) is 0 Å². The summed E-state index contributed by atoms with van der Waals surface area (Å²) in [5.74, 6) is -1.95. The number of rotatable bonds is 3. The maximum Gasteiger partial charge on any atom is 0.490 e. The molecule has 1 aromatic carbocycles. The fraction of sp³-hybridized carbons (Fsp3) is 0.250. The van der Waals surface area contributed by atoms with Gasteiger partial charge in [-0.25, -0.2) is 4.79 Å². The van der Waals surface area contributed by atoms with Crippen LogP contribution in [0.1, 0.15) is 32.9 Å². The third kappa shape index (κ3) is 5.18. The highest BCUT2D eigenvalue weighted by Gasteiger charge is 2.38. The van der Waals surface area contributed by atoms with Crippen LogP contribution in [0.3, 0.4) is 0 Å². The summed E-state index contributed by atoms with van der Waals surface area (Å²) in [6.45, 7) is 1.35. The molecule has 182 valence electrons. The number of carboxylic acids is 1. The largest absolute Gasteiger partial charge is 0.497 e. The molecule has 1 aliphatic carbocycles. The minimum atomic E-state index is -5.08. The van der Waals surface area contributed by atoms with Crippen LogP contribution in [-0.2, 0) is 24.2 Å². The molecule has 0 bridgehead atoms. The normalized spacial score (nSPS) is 14.2. The van der Waals surface area contributed by atoms with E-state index in [1.807, 2.05) is 47.3 Å². The van der Waals surface area contributed by atoms with E-state index in [9.17, 15) is 18.0 Å². The SMILES string of the molecule is COc1cccc(/C=C/c2cc3c(cn2)CCc2c-3nn3c2C(=O)NCC3)c1.O=C(O)C(F)(F)F. The number of ether oxygens (including phenoxy) is 1. The molecule has 8 nitrogen and oxygen atoms in total. The Bertz CT molecular complexity index is 1310. The second-order valence-corrected chi connectivity index (χ2v) is 7.83. The summed E-state index contributed by atoms with van der Waals surface area (Å²) in [4.78, 5) is 25.8. The lowest BCUT2D eigenvalue weighted by Gasteiger charge is -2.17. The van der Waals surface area contributed by atoms with Crippen LogP contribution in [0.5, 0.6) is 5.75 Å². The van der Waals surface area contributed by atoms with E-state index in [0.717, 1.165) is 58.9 Å². The van der Waals surface area contributed by atoms with Gasteiger partial charge in [0, 0.05) is 23.9 Å². The van der Waals surface area contributed by atoms with Gasteiger partial charge in [0.05, 0.1) is 25.0 Å². The molecule has 2 aliphatic rings. The fourth-order valence-corrected chi connectivity index (χ4v) is 3.92. The molecule has 0 saturated carbocycles. The molecule has 3 aromatic rings. The second kappa shape index (κ2) is 9.61. The predicted octanol–water partition coefficient (Wildman–Crippen LogP) is 3.60. The summed E-state index contributed by atoms with van der Waals surface area (Å²) in [5, 5.41) is 14.8. The Morgan fingerprint density at radius 2 is 2.00 bits per heavy atom. The van der Waals surface area contributed by atoms with E-state index in [2.05, 4.69) is 16.4 Å². The molecule has 5 rings (SSSR count). The van der Waals surface area contributed by atoms with Crippen LogP contribution in [0.25, 0.3) is 23.4 Å². The van der Waals surface area contributed by atoms with E-state index in [1.165, 1.54) is 5.56 Å². The Morgan fingerprint density at radius 1 is 1.23 bits per heavy atom. The summed E-state index contributed by atoms with van der Waals surface area (Å²) in [6, 6.07) is 9.96. The lowest BCUT2D eigenvalue weighted by Crippen LogP contribution is -2.36. The molecule has 35 heavy (non-hydrogen) atoms. The quantitative estimate of drug-likeness (QED) is 0.586. The molecule has 3 heterocycles. The summed E-state index contributed by atoms with van der Waals surface area (Å²) < 4.78 is 38.9.